The van der Waals surface area contributed by atoms with Crippen molar-refractivity contribution < 1.29 is 23.9 Å². The standard InChI is InChI=1S/C21H16N2O5/c1-2-19(24)22-15-9-5-14(6-10-15)20(25)23-16-7-3-13(4-8-16)17-11-12-18(28-17)21(26)27/h2-12H,1H2,(H,22,24)(H,23,25)(H,26,27). The largest absolute Gasteiger partial charge is 0.475 e. The number of anilines is 2. The van der Waals surface area contributed by atoms with Crippen molar-refractivity contribution >= 4 is 29.2 Å². The maximum Gasteiger partial charge on any atom is 0.371 e. The van der Waals surface area contributed by atoms with E-state index in [-0.39, 0.29) is 17.6 Å². The number of aromatic carboxylic acids is 1. The molecule has 0 aliphatic rings. The quantitative estimate of drug-likeness (QED) is 0.563. The van der Waals surface area contributed by atoms with Gasteiger partial charge in [-0.25, -0.2) is 4.79 Å². The first-order valence-corrected chi connectivity index (χ1v) is 8.24. The molecule has 28 heavy (non-hydrogen) atoms. The van der Waals surface area contributed by atoms with E-state index in [0.717, 1.165) is 6.08 Å². The summed E-state index contributed by atoms with van der Waals surface area (Å²) in [6.07, 6.45) is 1.16. The third kappa shape index (κ3) is 4.34. The molecule has 0 bridgehead atoms. The predicted molar refractivity (Wildman–Crippen MR) is 104 cm³/mol. The van der Waals surface area contributed by atoms with E-state index in [1.165, 1.54) is 6.07 Å². The molecule has 1 aromatic heterocycles. The molecule has 0 radical (unpaired) electrons. The number of hydrogen-bond acceptors (Lipinski definition) is 4. The van der Waals surface area contributed by atoms with Gasteiger partial charge in [-0.2, -0.15) is 0 Å². The third-order valence-corrected chi connectivity index (χ3v) is 3.84. The summed E-state index contributed by atoms with van der Waals surface area (Å²) in [4.78, 5) is 34.5. The number of amides is 2. The van der Waals surface area contributed by atoms with Crippen LogP contribution in [0, 0.1) is 0 Å². The molecule has 0 saturated heterocycles. The minimum atomic E-state index is -1.13. The molecule has 1 heterocycles. The van der Waals surface area contributed by atoms with E-state index in [9.17, 15) is 14.4 Å². The van der Waals surface area contributed by atoms with E-state index in [4.69, 9.17) is 9.52 Å². The fourth-order valence-electron chi connectivity index (χ4n) is 2.43. The van der Waals surface area contributed by atoms with Crippen molar-refractivity contribution in [2.45, 2.75) is 0 Å². The number of furan rings is 1. The summed E-state index contributed by atoms with van der Waals surface area (Å²) in [7, 11) is 0. The van der Waals surface area contributed by atoms with Crippen LogP contribution in [-0.4, -0.2) is 22.9 Å². The molecule has 2 aromatic carbocycles. The SMILES string of the molecule is C=CC(=O)Nc1ccc(C(=O)Nc2ccc(-c3ccc(C(=O)O)o3)cc2)cc1. The maximum atomic E-state index is 12.3. The second-order valence-electron chi connectivity index (χ2n) is 5.77. The monoisotopic (exact) mass is 376 g/mol. The molecule has 0 spiro atoms. The van der Waals surface area contributed by atoms with Gasteiger partial charge >= 0.3 is 5.97 Å². The van der Waals surface area contributed by atoms with Crippen molar-refractivity contribution in [2.24, 2.45) is 0 Å². The van der Waals surface area contributed by atoms with Crippen LogP contribution in [0.2, 0.25) is 0 Å². The maximum absolute atomic E-state index is 12.3. The van der Waals surface area contributed by atoms with E-state index in [0.29, 0.717) is 28.3 Å². The van der Waals surface area contributed by atoms with Gasteiger partial charge in [-0.3, -0.25) is 9.59 Å². The molecule has 3 N–H and O–H groups in total. The van der Waals surface area contributed by atoms with Gasteiger partial charge in [-0.15, -0.1) is 0 Å². The lowest BCUT2D eigenvalue weighted by Gasteiger charge is -2.07. The van der Waals surface area contributed by atoms with Gasteiger partial charge in [0, 0.05) is 22.5 Å². The minimum Gasteiger partial charge on any atom is -0.475 e. The Balaban J connectivity index is 1.66. The van der Waals surface area contributed by atoms with E-state index < -0.39 is 5.97 Å². The summed E-state index contributed by atoms with van der Waals surface area (Å²) in [6, 6.07) is 16.2. The van der Waals surface area contributed by atoms with Gasteiger partial charge < -0.3 is 20.2 Å². The zero-order valence-corrected chi connectivity index (χ0v) is 14.6. The van der Waals surface area contributed by atoms with Crippen LogP contribution in [0.15, 0.2) is 77.7 Å². The third-order valence-electron chi connectivity index (χ3n) is 3.84. The predicted octanol–water partition coefficient (Wildman–Crippen LogP) is 4.02. The number of rotatable bonds is 6. The van der Waals surface area contributed by atoms with Gasteiger partial charge in [-0.05, 0) is 66.7 Å². The summed E-state index contributed by atoms with van der Waals surface area (Å²) in [5.41, 5.74) is 2.25. The number of carboxylic acid groups (broad SMARTS) is 1. The van der Waals surface area contributed by atoms with Crippen LogP contribution in [0.1, 0.15) is 20.9 Å². The highest BCUT2D eigenvalue weighted by Crippen LogP contribution is 2.24. The van der Waals surface area contributed by atoms with E-state index in [1.54, 1.807) is 54.6 Å². The molecular formula is C21H16N2O5. The van der Waals surface area contributed by atoms with Crippen molar-refractivity contribution in [3.8, 4) is 11.3 Å². The van der Waals surface area contributed by atoms with Crippen LogP contribution in [0.25, 0.3) is 11.3 Å². The molecule has 0 saturated carbocycles. The van der Waals surface area contributed by atoms with Gasteiger partial charge in [0.25, 0.3) is 5.91 Å². The molecule has 0 aliphatic heterocycles. The van der Waals surface area contributed by atoms with E-state index >= 15 is 0 Å². The van der Waals surface area contributed by atoms with Crippen molar-refractivity contribution in [1.82, 2.24) is 0 Å². The van der Waals surface area contributed by atoms with Gasteiger partial charge in [0.2, 0.25) is 11.7 Å². The van der Waals surface area contributed by atoms with E-state index in [1.807, 2.05) is 0 Å². The Hall–Kier alpha value is -4.13. The average Bonchev–Trinajstić information content (AvgIpc) is 3.19. The molecule has 0 fully saturated rings. The smallest absolute Gasteiger partial charge is 0.371 e. The molecule has 3 rings (SSSR count). The fourth-order valence-corrected chi connectivity index (χ4v) is 2.43. The Morgan fingerprint density at radius 1 is 0.857 bits per heavy atom. The summed E-state index contributed by atoms with van der Waals surface area (Å²) in [6.45, 7) is 3.38. The summed E-state index contributed by atoms with van der Waals surface area (Å²) < 4.78 is 5.25. The first-order valence-electron chi connectivity index (χ1n) is 8.24. The van der Waals surface area contributed by atoms with Crippen LogP contribution in [0.5, 0.6) is 0 Å². The molecule has 0 unspecified atom stereocenters. The fraction of sp³-hybridized carbons (Fsp3) is 0. The zero-order valence-electron chi connectivity index (χ0n) is 14.6. The molecule has 7 nitrogen and oxygen atoms in total. The lowest BCUT2D eigenvalue weighted by Crippen LogP contribution is -2.12. The number of carboxylic acids is 1. The normalized spacial score (nSPS) is 10.1. The second-order valence-corrected chi connectivity index (χ2v) is 5.77. The first kappa shape index (κ1) is 18.7. The summed E-state index contributed by atoms with van der Waals surface area (Å²) in [5, 5.41) is 14.3. The summed E-state index contributed by atoms with van der Waals surface area (Å²) in [5.74, 6) is -1.48. The van der Waals surface area contributed by atoms with Gasteiger partial charge in [0.15, 0.2) is 0 Å². The average molecular weight is 376 g/mol. The lowest BCUT2D eigenvalue weighted by molar-refractivity contribution is -0.111. The number of carbonyl (C=O) groups is 3. The Labute approximate surface area is 160 Å². The molecule has 7 heteroatoms. The highest BCUT2D eigenvalue weighted by molar-refractivity contribution is 6.05. The highest BCUT2D eigenvalue weighted by atomic mass is 16.4. The molecule has 0 aliphatic carbocycles. The van der Waals surface area contributed by atoms with Crippen molar-refractivity contribution in [2.75, 3.05) is 10.6 Å². The lowest BCUT2D eigenvalue weighted by atomic mass is 10.1. The summed E-state index contributed by atoms with van der Waals surface area (Å²) >= 11 is 0. The topological polar surface area (TPSA) is 109 Å². The Morgan fingerprint density at radius 3 is 2.04 bits per heavy atom. The number of benzene rings is 2. The molecule has 140 valence electrons. The molecule has 0 atom stereocenters. The minimum absolute atomic E-state index is 0.139. The number of hydrogen-bond donors (Lipinski definition) is 3. The van der Waals surface area contributed by atoms with Gasteiger partial charge in [-0.1, -0.05) is 6.58 Å². The Morgan fingerprint density at radius 2 is 1.46 bits per heavy atom. The number of nitrogens with one attached hydrogen (secondary N) is 2. The van der Waals surface area contributed by atoms with Gasteiger partial charge in [0.05, 0.1) is 0 Å². The number of carbonyl (C=O) groups excluding carboxylic acids is 2. The van der Waals surface area contributed by atoms with Crippen LogP contribution >= 0.6 is 0 Å². The Bertz CT molecular complexity index is 1030. The van der Waals surface area contributed by atoms with Crippen LogP contribution < -0.4 is 10.6 Å². The molecule has 2 amide bonds. The zero-order chi connectivity index (χ0) is 20.1. The molecule has 3 aromatic rings. The van der Waals surface area contributed by atoms with E-state index in [2.05, 4.69) is 17.2 Å². The van der Waals surface area contributed by atoms with Crippen LogP contribution in [0.3, 0.4) is 0 Å². The van der Waals surface area contributed by atoms with Crippen molar-refractivity contribution in [3.63, 3.8) is 0 Å². The van der Waals surface area contributed by atoms with Crippen molar-refractivity contribution in [3.05, 3.63) is 84.6 Å². The van der Waals surface area contributed by atoms with Crippen LogP contribution in [-0.2, 0) is 4.79 Å². The van der Waals surface area contributed by atoms with Crippen molar-refractivity contribution in [1.29, 1.82) is 0 Å². The van der Waals surface area contributed by atoms with Crippen LogP contribution in [0.4, 0.5) is 11.4 Å². The first-order chi connectivity index (χ1) is 13.5. The Kier molecular flexibility index (Phi) is 5.36. The molecular weight excluding hydrogens is 360 g/mol. The van der Waals surface area contributed by atoms with Gasteiger partial charge in [0.1, 0.15) is 5.76 Å². The second kappa shape index (κ2) is 8.05. The highest BCUT2D eigenvalue weighted by Gasteiger charge is 2.11.